The van der Waals surface area contributed by atoms with Gasteiger partial charge in [-0.1, -0.05) is 12.7 Å². The van der Waals surface area contributed by atoms with Crippen molar-refractivity contribution >= 4 is 29.0 Å². The zero-order valence-electron chi connectivity index (χ0n) is 21.9. The average molecular weight is 544 g/mol. The van der Waals surface area contributed by atoms with Gasteiger partial charge in [0.2, 0.25) is 11.9 Å². The maximum atomic E-state index is 12.9. The van der Waals surface area contributed by atoms with Crippen molar-refractivity contribution in [1.82, 2.24) is 29.9 Å². The first-order valence-electron chi connectivity index (χ1n) is 13.0. The van der Waals surface area contributed by atoms with Gasteiger partial charge in [-0.05, 0) is 56.3 Å². The molecule has 3 aliphatic heterocycles. The summed E-state index contributed by atoms with van der Waals surface area (Å²) in [4.78, 5) is 35.0. The molecule has 39 heavy (non-hydrogen) atoms. The third-order valence-corrected chi connectivity index (χ3v) is 7.70. The number of hydrogen-bond donors (Lipinski definition) is 2. The van der Waals surface area contributed by atoms with Crippen LogP contribution in [0.4, 0.5) is 24.8 Å². The Balaban J connectivity index is 1.12. The molecule has 4 heterocycles. The zero-order valence-corrected chi connectivity index (χ0v) is 21.9. The molecule has 0 bridgehead atoms. The van der Waals surface area contributed by atoms with Crippen molar-refractivity contribution in [3.63, 3.8) is 0 Å². The van der Waals surface area contributed by atoms with Gasteiger partial charge in [0.1, 0.15) is 0 Å². The number of anilines is 2. The van der Waals surface area contributed by atoms with Crippen LogP contribution in [0.3, 0.4) is 0 Å². The molecule has 1 aromatic heterocycles. The van der Waals surface area contributed by atoms with E-state index in [4.69, 9.17) is 0 Å². The second-order valence-corrected chi connectivity index (χ2v) is 10.8. The molecule has 1 spiro atoms. The lowest BCUT2D eigenvalue weighted by Gasteiger charge is -2.48. The van der Waals surface area contributed by atoms with Crippen molar-refractivity contribution in [2.24, 2.45) is 5.41 Å². The third kappa shape index (κ3) is 6.16. The molecule has 2 aromatic rings. The van der Waals surface area contributed by atoms with Crippen LogP contribution in [0.25, 0.3) is 5.57 Å². The van der Waals surface area contributed by atoms with Gasteiger partial charge in [-0.15, -0.1) is 5.10 Å². The Morgan fingerprint density at radius 2 is 1.87 bits per heavy atom. The molecular formula is C27H32F3N7O2. The second kappa shape index (κ2) is 10.5. The molecule has 3 aliphatic rings. The number of hydrogen-bond acceptors (Lipinski definition) is 6. The van der Waals surface area contributed by atoms with E-state index in [0.717, 1.165) is 43.9 Å². The molecule has 2 saturated heterocycles. The molecule has 9 nitrogen and oxygen atoms in total. The van der Waals surface area contributed by atoms with Gasteiger partial charge >= 0.3 is 6.18 Å². The van der Waals surface area contributed by atoms with E-state index in [1.165, 1.54) is 4.90 Å². The van der Waals surface area contributed by atoms with Crippen LogP contribution in [0.2, 0.25) is 0 Å². The number of nitrogens with zero attached hydrogens (tertiary/aromatic N) is 5. The maximum absolute atomic E-state index is 12.9. The smallest absolute Gasteiger partial charge is 0.339 e. The summed E-state index contributed by atoms with van der Waals surface area (Å²) in [5, 5.41) is 10.1. The number of nitrogens with one attached hydrogen (secondary N) is 2. The molecule has 12 heteroatoms. The van der Waals surface area contributed by atoms with E-state index in [9.17, 15) is 22.8 Å². The van der Waals surface area contributed by atoms with E-state index in [1.807, 2.05) is 17.0 Å². The number of aromatic nitrogens is 3. The fourth-order valence-corrected chi connectivity index (χ4v) is 5.51. The molecule has 2 N–H and O–H groups in total. The van der Waals surface area contributed by atoms with Crippen molar-refractivity contribution in [3.05, 3.63) is 53.9 Å². The van der Waals surface area contributed by atoms with E-state index in [1.54, 1.807) is 18.2 Å². The van der Waals surface area contributed by atoms with Crippen LogP contribution in [-0.4, -0.2) is 94.2 Å². The minimum Gasteiger partial charge on any atom is -0.339 e. The van der Waals surface area contributed by atoms with Crippen LogP contribution in [0.1, 0.15) is 41.9 Å². The van der Waals surface area contributed by atoms with Gasteiger partial charge in [-0.3, -0.25) is 14.7 Å². The highest BCUT2D eigenvalue weighted by Gasteiger charge is 2.48. The van der Waals surface area contributed by atoms with Crippen LogP contribution >= 0.6 is 0 Å². The summed E-state index contributed by atoms with van der Waals surface area (Å²) in [6.45, 7) is 8.37. The number of allylic oxidation sites excluding steroid dienone is 1. The Kier molecular flexibility index (Phi) is 7.23. The number of aromatic amines is 1. The summed E-state index contributed by atoms with van der Waals surface area (Å²) in [7, 11) is 2.12. The topological polar surface area (TPSA) is 97.5 Å². The Morgan fingerprint density at radius 3 is 2.49 bits per heavy atom. The lowest BCUT2D eigenvalue weighted by Crippen LogP contribution is -2.59. The van der Waals surface area contributed by atoms with Gasteiger partial charge in [-0.2, -0.15) is 18.2 Å². The van der Waals surface area contributed by atoms with Gasteiger partial charge < -0.3 is 20.0 Å². The van der Waals surface area contributed by atoms with Crippen molar-refractivity contribution in [2.75, 3.05) is 51.6 Å². The lowest BCUT2D eigenvalue weighted by atomic mass is 9.79. The summed E-state index contributed by atoms with van der Waals surface area (Å²) in [5.41, 5.74) is 3.10. The number of amides is 2. The minimum atomic E-state index is -4.34. The van der Waals surface area contributed by atoms with E-state index in [0.29, 0.717) is 35.9 Å². The van der Waals surface area contributed by atoms with Crippen LogP contribution in [0.15, 0.2) is 42.5 Å². The third-order valence-electron chi connectivity index (χ3n) is 7.70. The summed E-state index contributed by atoms with van der Waals surface area (Å²) >= 11 is 0. The molecule has 0 radical (unpaired) electrons. The first-order valence-corrected chi connectivity index (χ1v) is 13.0. The van der Waals surface area contributed by atoms with Crippen LogP contribution in [-0.2, 0) is 4.79 Å². The van der Waals surface area contributed by atoms with Gasteiger partial charge in [0.05, 0.1) is 6.42 Å². The summed E-state index contributed by atoms with van der Waals surface area (Å²) < 4.78 is 37.2. The maximum Gasteiger partial charge on any atom is 0.389 e. The monoisotopic (exact) mass is 543 g/mol. The highest BCUT2D eigenvalue weighted by Crippen LogP contribution is 2.39. The van der Waals surface area contributed by atoms with E-state index >= 15 is 0 Å². The molecule has 2 amide bonds. The summed E-state index contributed by atoms with van der Waals surface area (Å²) in [6.07, 6.45) is -2.62. The Labute approximate surface area is 224 Å². The van der Waals surface area contributed by atoms with Gasteiger partial charge in [0.15, 0.2) is 5.82 Å². The number of likely N-dealkylation sites (tertiary alicyclic amines) is 2. The molecule has 2 fully saturated rings. The van der Waals surface area contributed by atoms with Crippen molar-refractivity contribution in [1.29, 1.82) is 0 Å². The zero-order chi connectivity index (χ0) is 27.8. The Bertz CT molecular complexity index is 1280. The predicted molar refractivity (Wildman–Crippen MR) is 140 cm³/mol. The molecule has 0 aliphatic carbocycles. The fourth-order valence-electron chi connectivity index (χ4n) is 5.51. The highest BCUT2D eigenvalue weighted by atomic mass is 19.4. The SMILES string of the molecule is C=C(C1=CCN(C(=O)CCC(F)(F)F)CC1)c1nc(Nc2ccc(C(=O)N3CC4(CCN(C)C4)C3)cc2)n[nH]1. The molecular weight excluding hydrogens is 511 g/mol. The lowest BCUT2D eigenvalue weighted by molar-refractivity contribution is -0.148. The van der Waals surface area contributed by atoms with E-state index in [2.05, 4.69) is 39.0 Å². The van der Waals surface area contributed by atoms with E-state index < -0.39 is 24.9 Å². The quantitative estimate of drug-likeness (QED) is 0.551. The number of H-pyrrole nitrogens is 1. The predicted octanol–water partition coefficient (Wildman–Crippen LogP) is 3.84. The van der Waals surface area contributed by atoms with Crippen LogP contribution < -0.4 is 5.32 Å². The Morgan fingerprint density at radius 1 is 1.13 bits per heavy atom. The van der Waals surface area contributed by atoms with Crippen molar-refractivity contribution < 1.29 is 22.8 Å². The summed E-state index contributed by atoms with van der Waals surface area (Å²) in [5.74, 6) is 0.319. The number of alkyl halides is 3. The highest BCUT2D eigenvalue weighted by molar-refractivity contribution is 5.95. The largest absolute Gasteiger partial charge is 0.389 e. The van der Waals surface area contributed by atoms with Gasteiger partial charge in [-0.25, -0.2) is 0 Å². The fraction of sp³-hybridized carbons (Fsp3) is 0.481. The Hall–Kier alpha value is -3.67. The van der Waals surface area contributed by atoms with Crippen molar-refractivity contribution in [3.8, 4) is 0 Å². The number of benzene rings is 1. The van der Waals surface area contributed by atoms with Gasteiger partial charge in [0, 0.05) is 61.4 Å². The average Bonchev–Trinajstić information content (AvgIpc) is 3.52. The molecule has 0 atom stereocenters. The first-order chi connectivity index (χ1) is 18.5. The first kappa shape index (κ1) is 26.9. The molecule has 1 aromatic carbocycles. The number of carbonyl (C=O) groups excluding carboxylic acids is 2. The summed E-state index contributed by atoms with van der Waals surface area (Å²) in [6, 6.07) is 7.20. The molecule has 5 rings (SSSR count). The molecule has 208 valence electrons. The second-order valence-electron chi connectivity index (χ2n) is 10.8. The standard InChI is InChI=1S/C27H32F3N7O2/c1-18(19-8-12-36(13-9-19)22(38)7-10-27(28,29)30)23-32-25(34-33-23)31-21-5-3-20(4-6-21)24(39)37-16-26(17-37)11-14-35(2)15-26/h3-6,8H,1,7,9-17H2,2H3,(H2,31,32,33,34). The molecule has 0 saturated carbocycles. The molecule has 0 unspecified atom stereocenters. The van der Waals surface area contributed by atoms with E-state index in [-0.39, 0.29) is 17.9 Å². The minimum absolute atomic E-state index is 0.0413. The van der Waals surface area contributed by atoms with Crippen molar-refractivity contribution in [2.45, 2.75) is 31.9 Å². The number of halogens is 3. The van der Waals surface area contributed by atoms with Crippen LogP contribution in [0.5, 0.6) is 0 Å². The normalized spacial score (nSPS) is 19.1. The number of carbonyl (C=O) groups is 2. The van der Waals surface area contributed by atoms with Crippen LogP contribution in [0, 0.1) is 5.41 Å². The number of rotatable bonds is 7. The van der Waals surface area contributed by atoms with Gasteiger partial charge in [0.25, 0.3) is 5.91 Å².